The third kappa shape index (κ3) is 3.48. The third-order valence-corrected chi connectivity index (χ3v) is 5.33. The Morgan fingerprint density at radius 2 is 1.95 bits per heavy atom. The summed E-state index contributed by atoms with van der Waals surface area (Å²) in [5.41, 5.74) is 5.69. The molecule has 2 aromatic carbocycles. The summed E-state index contributed by atoms with van der Waals surface area (Å²) in [5.74, 6) is -0.624. The molecular formula is C13H11BrClFN2O2S. The van der Waals surface area contributed by atoms with Gasteiger partial charge in [0, 0.05) is 4.47 Å². The van der Waals surface area contributed by atoms with Crippen molar-refractivity contribution in [2.45, 2.75) is 11.8 Å². The van der Waals surface area contributed by atoms with Crippen LogP contribution in [0.2, 0.25) is 5.02 Å². The Morgan fingerprint density at radius 3 is 2.52 bits per heavy atom. The number of anilines is 2. The number of aryl methyl sites for hydroxylation is 1. The fraction of sp³-hybridized carbons (Fsp3) is 0.0769. The minimum atomic E-state index is -3.88. The van der Waals surface area contributed by atoms with Gasteiger partial charge in [0.05, 0.1) is 21.3 Å². The fourth-order valence-electron chi connectivity index (χ4n) is 1.69. The normalized spacial score (nSPS) is 11.4. The number of nitrogen functional groups attached to an aromatic ring is 1. The van der Waals surface area contributed by atoms with Crippen molar-refractivity contribution in [1.82, 2.24) is 0 Å². The van der Waals surface area contributed by atoms with Crippen LogP contribution in [0.25, 0.3) is 0 Å². The number of sulfonamides is 1. The van der Waals surface area contributed by atoms with E-state index in [0.29, 0.717) is 15.2 Å². The lowest BCUT2D eigenvalue weighted by molar-refractivity contribution is 0.599. The van der Waals surface area contributed by atoms with Gasteiger partial charge in [-0.2, -0.15) is 0 Å². The zero-order valence-corrected chi connectivity index (χ0v) is 14.0. The highest BCUT2D eigenvalue weighted by molar-refractivity contribution is 9.10. The zero-order valence-electron chi connectivity index (χ0n) is 10.8. The van der Waals surface area contributed by atoms with E-state index in [4.69, 9.17) is 17.3 Å². The van der Waals surface area contributed by atoms with Crippen molar-refractivity contribution in [1.29, 1.82) is 0 Å². The molecule has 0 spiro atoms. The number of hydrogen-bond donors (Lipinski definition) is 2. The summed E-state index contributed by atoms with van der Waals surface area (Å²) >= 11 is 9.12. The maximum atomic E-state index is 13.5. The van der Waals surface area contributed by atoms with Crippen molar-refractivity contribution in [3.8, 4) is 0 Å². The van der Waals surface area contributed by atoms with Gasteiger partial charge in [0.1, 0.15) is 5.82 Å². The first-order valence-electron chi connectivity index (χ1n) is 5.74. The second kappa shape index (κ2) is 5.82. The monoisotopic (exact) mass is 392 g/mol. The van der Waals surface area contributed by atoms with Crippen LogP contribution in [-0.2, 0) is 10.0 Å². The molecule has 21 heavy (non-hydrogen) atoms. The molecule has 3 N–H and O–H groups in total. The molecule has 2 rings (SSSR count). The fourth-order valence-corrected chi connectivity index (χ4v) is 3.29. The van der Waals surface area contributed by atoms with E-state index in [2.05, 4.69) is 20.7 Å². The Bertz CT molecular complexity index is 789. The van der Waals surface area contributed by atoms with Gasteiger partial charge in [-0.3, -0.25) is 4.72 Å². The smallest absolute Gasteiger partial charge is 0.261 e. The highest BCUT2D eigenvalue weighted by atomic mass is 79.9. The van der Waals surface area contributed by atoms with E-state index < -0.39 is 15.8 Å². The van der Waals surface area contributed by atoms with Crippen molar-refractivity contribution >= 4 is 48.9 Å². The maximum Gasteiger partial charge on any atom is 0.261 e. The molecule has 0 heterocycles. The zero-order chi connectivity index (χ0) is 15.8. The van der Waals surface area contributed by atoms with Crippen molar-refractivity contribution in [2.75, 3.05) is 10.5 Å². The first-order chi connectivity index (χ1) is 9.70. The molecule has 0 radical (unpaired) electrons. The SMILES string of the molecule is Cc1cc(S(=O)(=O)Nc2ccc(Br)c(Cl)c2)cc(N)c1F. The minimum absolute atomic E-state index is 0.113. The largest absolute Gasteiger partial charge is 0.396 e. The Balaban J connectivity index is 2.40. The van der Waals surface area contributed by atoms with Gasteiger partial charge in [0.2, 0.25) is 0 Å². The number of nitrogens with one attached hydrogen (secondary N) is 1. The summed E-state index contributed by atoms with van der Waals surface area (Å²) in [6, 6.07) is 6.92. The highest BCUT2D eigenvalue weighted by Crippen LogP contribution is 2.28. The van der Waals surface area contributed by atoms with E-state index in [1.807, 2.05) is 0 Å². The summed E-state index contributed by atoms with van der Waals surface area (Å²) in [6.07, 6.45) is 0. The molecule has 0 amide bonds. The van der Waals surface area contributed by atoms with E-state index in [1.165, 1.54) is 19.1 Å². The van der Waals surface area contributed by atoms with Crippen LogP contribution in [0, 0.1) is 12.7 Å². The lowest BCUT2D eigenvalue weighted by Crippen LogP contribution is -2.14. The van der Waals surface area contributed by atoms with Crippen molar-refractivity contribution in [3.05, 3.63) is 51.2 Å². The van der Waals surface area contributed by atoms with Crippen LogP contribution >= 0.6 is 27.5 Å². The molecule has 0 aliphatic carbocycles. The highest BCUT2D eigenvalue weighted by Gasteiger charge is 2.18. The summed E-state index contributed by atoms with van der Waals surface area (Å²) in [7, 11) is -3.88. The Kier molecular flexibility index (Phi) is 4.46. The molecule has 8 heteroatoms. The average molecular weight is 394 g/mol. The summed E-state index contributed by atoms with van der Waals surface area (Å²) in [4.78, 5) is -0.113. The average Bonchev–Trinajstić information content (AvgIpc) is 2.39. The van der Waals surface area contributed by atoms with Crippen LogP contribution in [0.4, 0.5) is 15.8 Å². The van der Waals surface area contributed by atoms with Gasteiger partial charge < -0.3 is 5.73 Å². The molecule has 0 aliphatic heterocycles. The molecule has 0 fully saturated rings. The van der Waals surface area contributed by atoms with Crippen molar-refractivity contribution < 1.29 is 12.8 Å². The van der Waals surface area contributed by atoms with E-state index >= 15 is 0 Å². The molecule has 0 atom stereocenters. The number of nitrogens with two attached hydrogens (primary N) is 1. The second-order valence-electron chi connectivity index (χ2n) is 4.38. The van der Waals surface area contributed by atoms with Crippen LogP contribution < -0.4 is 10.5 Å². The van der Waals surface area contributed by atoms with E-state index in [9.17, 15) is 12.8 Å². The minimum Gasteiger partial charge on any atom is -0.396 e. The molecule has 112 valence electrons. The number of rotatable bonds is 3. The van der Waals surface area contributed by atoms with Crippen molar-refractivity contribution in [3.63, 3.8) is 0 Å². The Hall–Kier alpha value is -1.31. The molecule has 0 saturated heterocycles. The molecule has 0 unspecified atom stereocenters. The second-order valence-corrected chi connectivity index (χ2v) is 7.32. The summed E-state index contributed by atoms with van der Waals surface area (Å²) < 4.78 is 41.0. The summed E-state index contributed by atoms with van der Waals surface area (Å²) in [5, 5.41) is 0.366. The molecular weight excluding hydrogens is 383 g/mol. The Morgan fingerprint density at radius 1 is 1.29 bits per heavy atom. The van der Waals surface area contributed by atoms with Gasteiger partial charge in [-0.15, -0.1) is 0 Å². The predicted molar refractivity (Wildman–Crippen MR) is 85.5 cm³/mol. The van der Waals surface area contributed by atoms with E-state index in [0.717, 1.165) is 6.07 Å². The van der Waals surface area contributed by atoms with Gasteiger partial charge in [-0.1, -0.05) is 11.6 Å². The van der Waals surface area contributed by atoms with Gasteiger partial charge in [0.25, 0.3) is 10.0 Å². The molecule has 4 nitrogen and oxygen atoms in total. The van der Waals surface area contributed by atoms with Gasteiger partial charge in [0.15, 0.2) is 0 Å². The van der Waals surface area contributed by atoms with Crippen LogP contribution in [0.5, 0.6) is 0 Å². The standard InChI is InChI=1S/C13H11BrClFN2O2S/c1-7-4-9(6-12(17)13(7)16)21(19,20)18-8-2-3-10(14)11(15)5-8/h2-6,18H,17H2,1H3. The van der Waals surface area contributed by atoms with E-state index in [-0.39, 0.29) is 16.1 Å². The van der Waals surface area contributed by atoms with Gasteiger partial charge in [-0.05, 0) is 58.7 Å². The molecule has 2 aromatic rings. The molecule has 0 bridgehead atoms. The first kappa shape index (κ1) is 16.1. The predicted octanol–water partition coefficient (Wildman–Crippen LogP) is 3.93. The van der Waals surface area contributed by atoms with Gasteiger partial charge >= 0.3 is 0 Å². The lowest BCUT2D eigenvalue weighted by atomic mass is 10.2. The maximum absolute atomic E-state index is 13.5. The van der Waals surface area contributed by atoms with Crippen LogP contribution in [0.3, 0.4) is 0 Å². The van der Waals surface area contributed by atoms with Crippen LogP contribution in [-0.4, -0.2) is 8.42 Å². The van der Waals surface area contributed by atoms with Crippen LogP contribution in [0.15, 0.2) is 39.7 Å². The molecule has 0 saturated carbocycles. The van der Waals surface area contributed by atoms with Crippen molar-refractivity contribution in [2.24, 2.45) is 0 Å². The quantitative estimate of drug-likeness (QED) is 0.776. The number of hydrogen-bond acceptors (Lipinski definition) is 3. The van der Waals surface area contributed by atoms with Crippen LogP contribution in [0.1, 0.15) is 5.56 Å². The van der Waals surface area contributed by atoms with E-state index in [1.54, 1.807) is 12.1 Å². The number of halogens is 3. The number of benzene rings is 2. The lowest BCUT2D eigenvalue weighted by Gasteiger charge is -2.11. The molecule has 0 aromatic heterocycles. The summed E-state index contributed by atoms with van der Waals surface area (Å²) in [6.45, 7) is 1.45. The van der Waals surface area contributed by atoms with Gasteiger partial charge in [-0.25, -0.2) is 12.8 Å². The first-order valence-corrected chi connectivity index (χ1v) is 8.39. The molecule has 0 aliphatic rings. The topological polar surface area (TPSA) is 72.2 Å². The Labute approximate surface area is 135 Å². The third-order valence-electron chi connectivity index (χ3n) is 2.74.